The standard InChI is InChI=1S/C16H25N5/c1-16(2,3)15(10-20-7-6-17-11-20)19-9-14-8-18-12-21(14)13-4-5-13/h6-8,11-13,15,19H,4-5,9-10H2,1-3H3. The third kappa shape index (κ3) is 3.53. The van der Waals surface area contributed by atoms with Crippen molar-refractivity contribution in [2.45, 2.75) is 58.8 Å². The zero-order valence-corrected chi connectivity index (χ0v) is 13.2. The molecule has 0 spiro atoms. The molecule has 0 amide bonds. The van der Waals surface area contributed by atoms with Gasteiger partial charge in [0.1, 0.15) is 0 Å². The first-order valence-corrected chi connectivity index (χ1v) is 7.74. The van der Waals surface area contributed by atoms with Gasteiger partial charge in [-0.3, -0.25) is 0 Å². The highest BCUT2D eigenvalue weighted by molar-refractivity contribution is 5.04. The monoisotopic (exact) mass is 287 g/mol. The van der Waals surface area contributed by atoms with E-state index in [-0.39, 0.29) is 5.41 Å². The van der Waals surface area contributed by atoms with Gasteiger partial charge in [0.25, 0.3) is 0 Å². The van der Waals surface area contributed by atoms with Gasteiger partial charge >= 0.3 is 0 Å². The van der Waals surface area contributed by atoms with Gasteiger partial charge in [0, 0.05) is 43.8 Å². The van der Waals surface area contributed by atoms with Gasteiger partial charge in [-0.15, -0.1) is 0 Å². The maximum absolute atomic E-state index is 4.31. The van der Waals surface area contributed by atoms with E-state index in [9.17, 15) is 0 Å². The fourth-order valence-corrected chi connectivity index (χ4v) is 2.63. The predicted octanol–water partition coefficient (Wildman–Crippen LogP) is 2.62. The molecule has 5 heteroatoms. The Morgan fingerprint density at radius 3 is 2.71 bits per heavy atom. The van der Waals surface area contributed by atoms with Crippen LogP contribution in [-0.4, -0.2) is 25.1 Å². The largest absolute Gasteiger partial charge is 0.336 e. The third-order valence-corrected chi connectivity index (χ3v) is 4.21. The molecule has 1 unspecified atom stereocenters. The SMILES string of the molecule is CC(C)(C)C(Cn1ccnc1)NCc1cncn1C1CC1. The minimum Gasteiger partial charge on any atom is -0.336 e. The molecule has 3 rings (SSSR count). The average molecular weight is 287 g/mol. The first kappa shape index (κ1) is 14.3. The predicted molar refractivity (Wildman–Crippen MR) is 82.8 cm³/mol. The molecule has 114 valence electrons. The Morgan fingerprint density at radius 1 is 1.29 bits per heavy atom. The van der Waals surface area contributed by atoms with E-state index in [0.29, 0.717) is 12.1 Å². The number of aromatic nitrogens is 4. The molecule has 1 N–H and O–H groups in total. The summed E-state index contributed by atoms with van der Waals surface area (Å²) in [5, 5.41) is 3.71. The summed E-state index contributed by atoms with van der Waals surface area (Å²) in [6.45, 7) is 8.63. The molecule has 21 heavy (non-hydrogen) atoms. The topological polar surface area (TPSA) is 47.7 Å². The summed E-state index contributed by atoms with van der Waals surface area (Å²) >= 11 is 0. The van der Waals surface area contributed by atoms with E-state index in [0.717, 1.165) is 13.1 Å². The van der Waals surface area contributed by atoms with E-state index >= 15 is 0 Å². The summed E-state index contributed by atoms with van der Waals surface area (Å²) in [6.07, 6.45) is 12.3. The van der Waals surface area contributed by atoms with Crippen LogP contribution in [0.3, 0.4) is 0 Å². The second-order valence-corrected chi connectivity index (χ2v) is 7.08. The van der Waals surface area contributed by atoms with Crippen LogP contribution in [0.25, 0.3) is 0 Å². The lowest BCUT2D eigenvalue weighted by Gasteiger charge is -2.32. The molecule has 0 aromatic carbocycles. The zero-order chi connectivity index (χ0) is 14.9. The van der Waals surface area contributed by atoms with E-state index in [4.69, 9.17) is 0 Å². The Balaban J connectivity index is 1.65. The second kappa shape index (κ2) is 5.64. The Kier molecular flexibility index (Phi) is 3.85. The molecule has 1 aliphatic carbocycles. The van der Waals surface area contributed by atoms with Crippen LogP contribution in [0.4, 0.5) is 0 Å². The lowest BCUT2D eigenvalue weighted by atomic mass is 9.86. The number of nitrogens with zero attached hydrogens (tertiary/aromatic N) is 4. The van der Waals surface area contributed by atoms with Gasteiger partial charge in [-0.1, -0.05) is 20.8 Å². The molecule has 1 atom stereocenters. The fraction of sp³-hybridized carbons (Fsp3) is 0.625. The van der Waals surface area contributed by atoms with Crippen molar-refractivity contribution in [3.63, 3.8) is 0 Å². The summed E-state index contributed by atoms with van der Waals surface area (Å²) < 4.78 is 4.46. The summed E-state index contributed by atoms with van der Waals surface area (Å²) in [7, 11) is 0. The van der Waals surface area contributed by atoms with Crippen molar-refractivity contribution >= 4 is 0 Å². The van der Waals surface area contributed by atoms with Crippen LogP contribution in [0.15, 0.2) is 31.2 Å². The molecule has 0 saturated heterocycles. The second-order valence-electron chi connectivity index (χ2n) is 7.08. The van der Waals surface area contributed by atoms with Crippen LogP contribution in [0.2, 0.25) is 0 Å². The smallest absolute Gasteiger partial charge is 0.0951 e. The minimum atomic E-state index is 0.189. The van der Waals surface area contributed by atoms with Gasteiger partial charge in [-0.2, -0.15) is 0 Å². The fourth-order valence-electron chi connectivity index (χ4n) is 2.63. The molecule has 1 fully saturated rings. The van der Waals surface area contributed by atoms with Crippen LogP contribution in [-0.2, 0) is 13.1 Å². The molecular weight excluding hydrogens is 262 g/mol. The molecule has 2 aromatic rings. The van der Waals surface area contributed by atoms with Crippen LogP contribution >= 0.6 is 0 Å². The van der Waals surface area contributed by atoms with E-state index in [1.165, 1.54) is 18.5 Å². The van der Waals surface area contributed by atoms with Gasteiger partial charge in [-0.05, 0) is 18.3 Å². The van der Waals surface area contributed by atoms with E-state index in [2.05, 4.69) is 45.2 Å². The summed E-state index contributed by atoms with van der Waals surface area (Å²) in [4.78, 5) is 8.44. The molecular formula is C16H25N5. The summed E-state index contributed by atoms with van der Waals surface area (Å²) in [5.74, 6) is 0. The van der Waals surface area contributed by atoms with Crippen LogP contribution < -0.4 is 5.32 Å². The maximum atomic E-state index is 4.31. The summed E-state index contributed by atoms with van der Waals surface area (Å²) in [5.41, 5.74) is 1.48. The third-order valence-electron chi connectivity index (χ3n) is 4.21. The highest BCUT2D eigenvalue weighted by Crippen LogP contribution is 2.35. The molecule has 1 saturated carbocycles. The van der Waals surface area contributed by atoms with Crippen LogP contribution in [0.1, 0.15) is 45.3 Å². The first-order valence-electron chi connectivity index (χ1n) is 7.74. The van der Waals surface area contributed by atoms with Crippen LogP contribution in [0, 0.1) is 5.41 Å². The number of nitrogens with one attached hydrogen (secondary N) is 1. The average Bonchev–Trinajstić information content (AvgIpc) is 2.95. The minimum absolute atomic E-state index is 0.189. The molecule has 0 radical (unpaired) electrons. The van der Waals surface area contributed by atoms with Crippen LogP contribution in [0.5, 0.6) is 0 Å². The highest BCUT2D eigenvalue weighted by atomic mass is 15.1. The molecule has 1 aliphatic rings. The molecule has 2 heterocycles. The Morgan fingerprint density at radius 2 is 2.10 bits per heavy atom. The van der Waals surface area contributed by atoms with Crippen molar-refractivity contribution in [3.05, 3.63) is 36.9 Å². The molecule has 2 aromatic heterocycles. The Labute approximate surface area is 126 Å². The number of hydrogen-bond acceptors (Lipinski definition) is 3. The van der Waals surface area contributed by atoms with Crippen molar-refractivity contribution in [1.29, 1.82) is 0 Å². The first-order chi connectivity index (χ1) is 10.0. The zero-order valence-electron chi connectivity index (χ0n) is 13.2. The maximum Gasteiger partial charge on any atom is 0.0951 e. The van der Waals surface area contributed by atoms with Crippen molar-refractivity contribution in [2.75, 3.05) is 0 Å². The Hall–Kier alpha value is -1.62. The van der Waals surface area contributed by atoms with E-state index < -0.39 is 0 Å². The van der Waals surface area contributed by atoms with E-state index in [1.807, 2.05) is 31.2 Å². The van der Waals surface area contributed by atoms with Gasteiger partial charge in [0.05, 0.1) is 18.3 Å². The quantitative estimate of drug-likeness (QED) is 0.888. The van der Waals surface area contributed by atoms with Crippen molar-refractivity contribution in [1.82, 2.24) is 24.4 Å². The molecule has 0 aliphatic heterocycles. The Bertz CT molecular complexity index is 560. The lowest BCUT2D eigenvalue weighted by Crippen LogP contribution is -2.43. The van der Waals surface area contributed by atoms with Gasteiger partial charge < -0.3 is 14.5 Å². The van der Waals surface area contributed by atoms with Crippen molar-refractivity contribution in [3.8, 4) is 0 Å². The summed E-state index contributed by atoms with van der Waals surface area (Å²) in [6, 6.07) is 1.07. The lowest BCUT2D eigenvalue weighted by molar-refractivity contribution is 0.238. The van der Waals surface area contributed by atoms with E-state index in [1.54, 1.807) is 0 Å². The number of imidazole rings is 2. The van der Waals surface area contributed by atoms with Crippen molar-refractivity contribution in [2.24, 2.45) is 5.41 Å². The van der Waals surface area contributed by atoms with Crippen molar-refractivity contribution < 1.29 is 0 Å². The van der Waals surface area contributed by atoms with Gasteiger partial charge in [0.15, 0.2) is 0 Å². The molecule has 5 nitrogen and oxygen atoms in total. The number of hydrogen-bond donors (Lipinski definition) is 1. The number of rotatable bonds is 6. The van der Waals surface area contributed by atoms with Gasteiger partial charge in [0.2, 0.25) is 0 Å². The normalized spacial score (nSPS) is 17.1. The highest BCUT2D eigenvalue weighted by Gasteiger charge is 2.27. The van der Waals surface area contributed by atoms with Gasteiger partial charge in [-0.25, -0.2) is 9.97 Å². The molecule has 0 bridgehead atoms.